The van der Waals surface area contributed by atoms with E-state index < -0.39 is 29.4 Å². The van der Waals surface area contributed by atoms with E-state index in [1.807, 2.05) is 43.5 Å². The third kappa shape index (κ3) is 5.57. The van der Waals surface area contributed by atoms with Crippen LogP contribution in [0.4, 0.5) is 35.2 Å². The van der Waals surface area contributed by atoms with Gasteiger partial charge in [0, 0.05) is 42.3 Å². The van der Waals surface area contributed by atoms with Gasteiger partial charge in [-0.2, -0.15) is 18.2 Å². The summed E-state index contributed by atoms with van der Waals surface area (Å²) < 4.78 is 41.8. The van der Waals surface area contributed by atoms with Gasteiger partial charge in [0.1, 0.15) is 17.3 Å². The first kappa shape index (κ1) is 29.4. The van der Waals surface area contributed by atoms with Crippen LogP contribution in [0.5, 0.6) is 0 Å². The van der Waals surface area contributed by atoms with E-state index in [0.717, 1.165) is 23.1 Å². The highest BCUT2D eigenvalue weighted by atomic mass is 19.4. The van der Waals surface area contributed by atoms with Gasteiger partial charge in [-0.05, 0) is 74.4 Å². The molecule has 0 fully saturated rings. The SMILES string of the molecule is Cc1ccc(N=c2ncc3cc(-c4cc(N(C(=O)O)C(=O)c5cc(C(F)(F)F)ccn5)ccc4C)c4n(c-3n2)CCN4)c(C)n1. The van der Waals surface area contributed by atoms with Gasteiger partial charge in [0.2, 0.25) is 0 Å². The zero-order chi connectivity index (χ0) is 32.0. The molecule has 0 unspecified atom stereocenters. The number of benzene rings is 1. The number of rotatable bonds is 4. The van der Waals surface area contributed by atoms with Crippen molar-refractivity contribution in [3.63, 3.8) is 0 Å². The zero-order valence-electron chi connectivity index (χ0n) is 24.2. The normalized spacial score (nSPS) is 13.1. The predicted molar refractivity (Wildman–Crippen MR) is 158 cm³/mol. The van der Waals surface area contributed by atoms with E-state index in [9.17, 15) is 27.9 Å². The molecule has 14 heteroatoms. The van der Waals surface area contributed by atoms with Crippen LogP contribution in [0, 0.1) is 20.8 Å². The lowest BCUT2D eigenvalue weighted by molar-refractivity contribution is -0.137. The highest BCUT2D eigenvalue weighted by Crippen LogP contribution is 2.39. The van der Waals surface area contributed by atoms with Crippen molar-refractivity contribution in [1.82, 2.24) is 24.5 Å². The second-order valence-corrected chi connectivity index (χ2v) is 10.5. The van der Waals surface area contributed by atoms with Crippen molar-refractivity contribution < 1.29 is 27.9 Å². The molecule has 2 N–H and O–H groups in total. The molecule has 3 aliphatic heterocycles. The molecule has 0 radical (unpaired) electrons. The van der Waals surface area contributed by atoms with Crippen LogP contribution in [-0.4, -0.2) is 48.2 Å². The van der Waals surface area contributed by atoms with Crippen molar-refractivity contribution in [2.45, 2.75) is 33.5 Å². The van der Waals surface area contributed by atoms with Gasteiger partial charge in [-0.25, -0.2) is 19.7 Å². The first-order valence-electron chi connectivity index (χ1n) is 13.8. The molecule has 3 aliphatic rings. The number of anilines is 2. The standard InChI is InChI=1S/C31H25F3N8O3/c1-16-4-6-21(42(30(44)45)28(43)25-13-20(8-9-35-25)31(32,33)34)14-22(16)23-12-19-15-37-29(39-24-7-5-17(2)38-18(24)3)40-26(19)41-11-10-36-27(23)41/h4-9,12-15,36H,10-11H2,1-3H3,(H,44,45). The Morgan fingerprint density at radius 2 is 1.80 bits per heavy atom. The number of carbonyl (C=O) groups excluding carboxylic acids is 1. The summed E-state index contributed by atoms with van der Waals surface area (Å²) >= 11 is 0. The fraction of sp³-hybridized carbons (Fsp3) is 0.194. The summed E-state index contributed by atoms with van der Waals surface area (Å²) in [4.78, 5) is 47.8. The van der Waals surface area contributed by atoms with Gasteiger partial charge in [0.05, 0.1) is 22.6 Å². The summed E-state index contributed by atoms with van der Waals surface area (Å²) in [6.07, 6.45) is -3.94. The van der Waals surface area contributed by atoms with E-state index >= 15 is 0 Å². The number of carboxylic acid groups (broad SMARTS) is 1. The van der Waals surface area contributed by atoms with Gasteiger partial charge in [-0.3, -0.25) is 14.8 Å². The molecule has 0 aliphatic carbocycles. The number of fused-ring (bicyclic) bond motifs is 3. The van der Waals surface area contributed by atoms with Gasteiger partial charge in [-0.1, -0.05) is 6.07 Å². The highest BCUT2D eigenvalue weighted by molar-refractivity contribution is 6.18. The summed E-state index contributed by atoms with van der Waals surface area (Å²) in [5.74, 6) is 0.133. The maximum Gasteiger partial charge on any atom is 0.419 e. The Kier molecular flexibility index (Phi) is 7.27. The number of aryl methyl sites for hydroxylation is 3. The quantitative estimate of drug-likeness (QED) is 0.260. The van der Waals surface area contributed by atoms with Gasteiger partial charge in [0.15, 0.2) is 0 Å². The summed E-state index contributed by atoms with van der Waals surface area (Å²) in [7, 11) is 0. The Hall–Kier alpha value is -5.66. The molecular formula is C31H25F3N8O3. The third-order valence-corrected chi connectivity index (χ3v) is 7.38. The molecule has 5 heterocycles. The lowest BCUT2D eigenvalue weighted by atomic mass is 9.98. The van der Waals surface area contributed by atoms with Crippen LogP contribution < -0.4 is 15.8 Å². The maximum absolute atomic E-state index is 13.3. The van der Waals surface area contributed by atoms with Crippen LogP contribution in [0.15, 0.2) is 65.9 Å². The molecule has 0 bridgehead atoms. The van der Waals surface area contributed by atoms with Crippen LogP contribution in [0.2, 0.25) is 0 Å². The Morgan fingerprint density at radius 1 is 1.00 bits per heavy atom. The van der Waals surface area contributed by atoms with Gasteiger partial charge < -0.3 is 15.0 Å². The van der Waals surface area contributed by atoms with E-state index in [2.05, 4.69) is 25.3 Å². The minimum Gasteiger partial charge on any atom is -0.464 e. The molecule has 11 nitrogen and oxygen atoms in total. The van der Waals surface area contributed by atoms with E-state index in [0.29, 0.717) is 64.1 Å². The lowest BCUT2D eigenvalue weighted by Gasteiger charge is -2.21. The van der Waals surface area contributed by atoms with Crippen LogP contribution in [0.1, 0.15) is 33.0 Å². The molecule has 228 valence electrons. The Bertz CT molecular complexity index is 2040. The van der Waals surface area contributed by atoms with E-state index in [-0.39, 0.29) is 11.3 Å². The number of amides is 2. The number of hydrogen-bond donors (Lipinski definition) is 2. The molecular weight excluding hydrogens is 589 g/mol. The number of aromatic nitrogens is 5. The topological polar surface area (TPSA) is 138 Å². The largest absolute Gasteiger partial charge is 0.464 e. The van der Waals surface area contributed by atoms with Crippen molar-refractivity contribution in [2.75, 3.05) is 16.8 Å². The fourth-order valence-electron chi connectivity index (χ4n) is 5.22. The number of pyridine rings is 3. The number of nitrogens with one attached hydrogen (secondary N) is 1. The monoisotopic (exact) mass is 614 g/mol. The molecule has 2 aromatic heterocycles. The molecule has 0 atom stereocenters. The number of nitrogens with zero attached hydrogens (tertiary/aromatic N) is 7. The number of halogens is 3. The molecule has 1 aromatic carbocycles. The van der Waals surface area contributed by atoms with Crippen LogP contribution in [-0.2, 0) is 12.7 Å². The second-order valence-electron chi connectivity index (χ2n) is 10.5. The number of hydrogen-bond acceptors (Lipinski definition) is 8. The maximum atomic E-state index is 13.3. The zero-order valence-corrected chi connectivity index (χ0v) is 24.2. The molecule has 3 aromatic rings. The number of alkyl halides is 3. The third-order valence-electron chi connectivity index (χ3n) is 7.38. The average Bonchev–Trinajstić information content (AvgIpc) is 3.49. The first-order valence-corrected chi connectivity index (χ1v) is 13.8. The van der Waals surface area contributed by atoms with Crippen LogP contribution in [0.25, 0.3) is 22.5 Å². The van der Waals surface area contributed by atoms with Gasteiger partial charge >= 0.3 is 12.3 Å². The second kappa shape index (κ2) is 11.1. The van der Waals surface area contributed by atoms with Gasteiger partial charge in [-0.15, -0.1) is 0 Å². The molecule has 2 amide bonds. The molecule has 0 saturated heterocycles. The van der Waals surface area contributed by atoms with Crippen molar-refractivity contribution in [2.24, 2.45) is 4.99 Å². The van der Waals surface area contributed by atoms with E-state index in [1.54, 1.807) is 12.3 Å². The molecule has 6 rings (SSSR count). The molecule has 0 saturated carbocycles. The molecule has 45 heavy (non-hydrogen) atoms. The summed E-state index contributed by atoms with van der Waals surface area (Å²) in [6, 6.07) is 11.4. The van der Waals surface area contributed by atoms with E-state index in [1.165, 1.54) is 12.1 Å². The Morgan fingerprint density at radius 3 is 2.53 bits per heavy atom. The van der Waals surface area contributed by atoms with Crippen LogP contribution in [0.3, 0.4) is 0 Å². The smallest absolute Gasteiger partial charge is 0.419 e. The number of imide groups is 1. The van der Waals surface area contributed by atoms with Crippen molar-refractivity contribution in [3.05, 3.63) is 94.8 Å². The lowest BCUT2D eigenvalue weighted by Crippen LogP contribution is -2.36. The van der Waals surface area contributed by atoms with Gasteiger partial charge in [0.25, 0.3) is 11.5 Å². The minimum absolute atomic E-state index is 0.0587. The minimum atomic E-state index is -4.74. The summed E-state index contributed by atoms with van der Waals surface area (Å²) in [5, 5.41) is 13.3. The van der Waals surface area contributed by atoms with Crippen LogP contribution >= 0.6 is 0 Å². The summed E-state index contributed by atoms with van der Waals surface area (Å²) in [6.45, 7) is 6.77. The Labute approximate surface area is 254 Å². The summed E-state index contributed by atoms with van der Waals surface area (Å²) in [5.41, 5.74) is 3.46. The number of carbonyl (C=O) groups is 2. The highest BCUT2D eigenvalue weighted by Gasteiger charge is 2.33. The van der Waals surface area contributed by atoms with Crippen molar-refractivity contribution >= 4 is 29.2 Å². The Balaban J connectivity index is 1.44. The average molecular weight is 615 g/mol. The van der Waals surface area contributed by atoms with Crippen molar-refractivity contribution in [1.29, 1.82) is 0 Å². The molecule has 0 spiro atoms. The fourth-order valence-corrected chi connectivity index (χ4v) is 5.22. The predicted octanol–water partition coefficient (Wildman–Crippen LogP) is 5.77. The first-order chi connectivity index (χ1) is 21.4. The van der Waals surface area contributed by atoms with Crippen molar-refractivity contribution in [3.8, 4) is 22.5 Å². The van der Waals surface area contributed by atoms with E-state index in [4.69, 9.17) is 4.98 Å².